The van der Waals surface area contributed by atoms with Crippen molar-refractivity contribution in [3.63, 3.8) is 0 Å². The van der Waals surface area contributed by atoms with Crippen molar-refractivity contribution < 1.29 is 38.4 Å². The summed E-state index contributed by atoms with van der Waals surface area (Å²) in [4.78, 5) is 56.0. The van der Waals surface area contributed by atoms with Gasteiger partial charge in [0, 0.05) is 73.0 Å². The number of pyridine rings is 2. The molecule has 2 aromatic heterocycles. The highest BCUT2D eigenvalue weighted by Crippen LogP contribution is 2.32. The van der Waals surface area contributed by atoms with Gasteiger partial charge < -0.3 is 18.9 Å². The number of hydrogen-bond donors (Lipinski definition) is 0. The number of nitrogens with zero attached hydrogens (tertiary/aromatic N) is 4. The minimum atomic E-state index is -1.17. The molecule has 0 saturated heterocycles. The number of carbonyl (C=O) groups excluding carboxylic acids is 2. The van der Waals surface area contributed by atoms with Gasteiger partial charge in [0.2, 0.25) is 0 Å². The summed E-state index contributed by atoms with van der Waals surface area (Å²) in [6.07, 6.45) is 4.07. The van der Waals surface area contributed by atoms with E-state index in [0.717, 1.165) is 11.1 Å². The van der Waals surface area contributed by atoms with Crippen LogP contribution in [0.2, 0.25) is 0 Å². The molecule has 58 heavy (non-hydrogen) atoms. The van der Waals surface area contributed by atoms with Gasteiger partial charge in [0.25, 0.3) is 11.4 Å². The van der Waals surface area contributed by atoms with Crippen molar-refractivity contribution in [3.05, 3.63) is 177 Å². The van der Waals surface area contributed by atoms with Crippen molar-refractivity contribution >= 4 is 23.3 Å². The zero-order valence-corrected chi connectivity index (χ0v) is 31.5. The first kappa shape index (κ1) is 40.2. The Labute approximate surface area is 333 Å². The monoisotopic (exact) mass is 782 g/mol. The molecular formula is C44H38N4O10. The third-order valence-corrected chi connectivity index (χ3v) is 9.03. The molecule has 6 rings (SSSR count). The highest BCUT2D eigenvalue weighted by molar-refractivity contribution is 6.29. The van der Waals surface area contributed by atoms with E-state index in [2.05, 4.69) is 9.97 Å². The van der Waals surface area contributed by atoms with Gasteiger partial charge in [-0.15, -0.1) is 0 Å². The number of esters is 2. The smallest absolute Gasteiger partial charge is 0.417 e. The van der Waals surface area contributed by atoms with Crippen LogP contribution in [0, 0.1) is 20.2 Å². The van der Waals surface area contributed by atoms with Crippen molar-refractivity contribution in [2.75, 3.05) is 0 Å². The van der Waals surface area contributed by atoms with Crippen LogP contribution < -0.4 is 9.47 Å². The second-order valence-corrected chi connectivity index (χ2v) is 13.4. The van der Waals surface area contributed by atoms with Crippen LogP contribution in [0.25, 0.3) is 22.3 Å². The van der Waals surface area contributed by atoms with Gasteiger partial charge >= 0.3 is 11.9 Å². The van der Waals surface area contributed by atoms with Gasteiger partial charge in [0.15, 0.2) is 0 Å². The standard InChI is InChI=1S/C44H38N4O10/c1-29(23-41(35-9-5-21-45-27-35)57-39-17-13-31(14-18-39)33-7-3-11-37(25-33)47(51)52)55-43(49)44(50)56-30(2)24-42(36-10-6-22-46-28-36)58-40-19-15-32(16-20-40)34-8-4-12-38(26-34)48(53)54/h3-22,25-30,41-42H,23-24H2,1-2H3. The number of nitro groups is 2. The van der Waals surface area contributed by atoms with Crippen LogP contribution in [-0.4, -0.2) is 44.0 Å². The number of nitro benzene ring substituents is 2. The van der Waals surface area contributed by atoms with Gasteiger partial charge in [-0.25, -0.2) is 9.59 Å². The van der Waals surface area contributed by atoms with E-state index in [1.54, 1.807) is 124 Å². The fourth-order valence-electron chi connectivity index (χ4n) is 6.18. The quantitative estimate of drug-likeness (QED) is 0.0393. The number of rotatable bonds is 16. The normalized spacial score (nSPS) is 12.9. The third kappa shape index (κ3) is 10.8. The summed E-state index contributed by atoms with van der Waals surface area (Å²) < 4.78 is 23.6. The maximum Gasteiger partial charge on any atom is 0.417 e. The number of hydrogen-bond acceptors (Lipinski definition) is 12. The van der Waals surface area contributed by atoms with Crippen LogP contribution in [0.15, 0.2) is 146 Å². The van der Waals surface area contributed by atoms with Crippen LogP contribution in [-0.2, 0) is 19.1 Å². The van der Waals surface area contributed by atoms with Crippen molar-refractivity contribution in [1.82, 2.24) is 9.97 Å². The summed E-state index contributed by atoms with van der Waals surface area (Å²) in [6, 6.07) is 33.9. The Balaban J connectivity index is 1.06. The van der Waals surface area contributed by atoms with Gasteiger partial charge in [0.05, 0.1) is 9.85 Å². The van der Waals surface area contributed by atoms with E-state index in [1.807, 2.05) is 12.1 Å². The first-order chi connectivity index (χ1) is 28.0. The molecule has 0 aliphatic carbocycles. The lowest BCUT2D eigenvalue weighted by molar-refractivity contribution is -0.385. The molecule has 14 nitrogen and oxygen atoms in total. The van der Waals surface area contributed by atoms with E-state index >= 15 is 0 Å². The molecule has 0 bridgehead atoms. The van der Waals surface area contributed by atoms with Crippen LogP contribution >= 0.6 is 0 Å². The van der Waals surface area contributed by atoms with E-state index in [4.69, 9.17) is 18.9 Å². The summed E-state index contributed by atoms with van der Waals surface area (Å²) >= 11 is 0. The Morgan fingerprint density at radius 1 is 0.552 bits per heavy atom. The molecule has 4 aromatic carbocycles. The Bertz CT molecular complexity index is 2180. The summed E-state index contributed by atoms with van der Waals surface area (Å²) in [5, 5.41) is 22.5. The third-order valence-electron chi connectivity index (χ3n) is 9.03. The first-order valence-electron chi connectivity index (χ1n) is 18.3. The maximum atomic E-state index is 13.0. The van der Waals surface area contributed by atoms with E-state index in [0.29, 0.717) is 33.8 Å². The van der Waals surface area contributed by atoms with Crippen LogP contribution in [0.5, 0.6) is 11.5 Å². The molecule has 0 spiro atoms. The van der Waals surface area contributed by atoms with Gasteiger partial charge in [-0.05, 0) is 72.5 Å². The lowest BCUT2D eigenvalue weighted by atomic mass is 10.0. The molecule has 14 heteroatoms. The highest BCUT2D eigenvalue weighted by Gasteiger charge is 2.28. The largest absolute Gasteiger partial charge is 0.486 e. The predicted molar refractivity (Wildman–Crippen MR) is 213 cm³/mol. The lowest BCUT2D eigenvalue weighted by Crippen LogP contribution is -2.30. The van der Waals surface area contributed by atoms with Crippen molar-refractivity contribution in [2.45, 2.75) is 51.1 Å². The van der Waals surface area contributed by atoms with E-state index < -0.39 is 46.2 Å². The summed E-state index contributed by atoms with van der Waals surface area (Å²) in [5.74, 6) is -1.33. The Hall–Kier alpha value is -7.48. The van der Waals surface area contributed by atoms with Crippen LogP contribution in [0.4, 0.5) is 11.4 Å². The molecule has 4 unspecified atom stereocenters. The Kier molecular flexibility index (Phi) is 13.1. The molecule has 0 amide bonds. The minimum absolute atomic E-state index is 0.0133. The van der Waals surface area contributed by atoms with Crippen molar-refractivity contribution in [3.8, 4) is 33.8 Å². The summed E-state index contributed by atoms with van der Waals surface area (Å²) in [6.45, 7) is 3.28. The molecule has 4 atom stereocenters. The molecule has 294 valence electrons. The number of ether oxygens (including phenoxy) is 4. The molecule has 0 aliphatic heterocycles. The maximum absolute atomic E-state index is 13.0. The molecular weight excluding hydrogens is 745 g/mol. The molecule has 0 fully saturated rings. The Morgan fingerprint density at radius 2 is 0.948 bits per heavy atom. The highest BCUT2D eigenvalue weighted by atomic mass is 16.6. The van der Waals surface area contributed by atoms with Gasteiger partial charge in [-0.3, -0.25) is 30.2 Å². The first-order valence-corrected chi connectivity index (χ1v) is 18.3. The molecule has 0 aliphatic rings. The average molecular weight is 783 g/mol. The number of aromatic nitrogens is 2. The van der Waals surface area contributed by atoms with Crippen LogP contribution in [0.1, 0.15) is 50.0 Å². The van der Waals surface area contributed by atoms with Gasteiger partial charge in [0.1, 0.15) is 35.9 Å². The number of non-ortho nitro benzene ring substituents is 2. The number of carbonyl (C=O) groups is 2. The summed E-state index contributed by atoms with van der Waals surface area (Å²) in [5.41, 5.74) is 4.28. The molecule has 0 radical (unpaired) electrons. The second-order valence-electron chi connectivity index (χ2n) is 13.4. The SMILES string of the molecule is CC(CC(Oc1ccc(-c2cccc([N+](=O)[O-])c2)cc1)c1cccnc1)OC(=O)C(=O)OC(C)CC(Oc1ccc(-c2cccc([N+](=O)[O-])c2)cc1)c1cccnc1. The minimum Gasteiger partial charge on any atom is -0.486 e. The molecule has 6 aromatic rings. The topological polar surface area (TPSA) is 183 Å². The Morgan fingerprint density at radius 3 is 1.29 bits per heavy atom. The van der Waals surface area contributed by atoms with Gasteiger partial charge in [-0.2, -0.15) is 0 Å². The molecule has 0 N–H and O–H groups in total. The molecule has 0 saturated carbocycles. The summed E-state index contributed by atoms with van der Waals surface area (Å²) in [7, 11) is 0. The van der Waals surface area contributed by atoms with Crippen LogP contribution in [0.3, 0.4) is 0 Å². The van der Waals surface area contributed by atoms with E-state index in [-0.39, 0.29) is 24.2 Å². The zero-order valence-electron chi connectivity index (χ0n) is 31.5. The van der Waals surface area contributed by atoms with Crippen molar-refractivity contribution in [1.29, 1.82) is 0 Å². The fourth-order valence-corrected chi connectivity index (χ4v) is 6.18. The number of benzene rings is 4. The van der Waals surface area contributed by atoms with Crippen molar-refractivity contribution in [2.24, 2.45) is 0 Å². The molecule has 2 heterocycles. The predicted octanol–water partition coefficient (Wildman–Crippen LogP) is 9.21. The lowest BCUT2D eigenvalue weighted by Gasteiger charge is -2.24. The fraction of sp³-hybridized carbons (Fsp3) is 0.182. The zero-order chi connectivity index (χ0) is 41.0. The second kappa shape index (κ2) is 18.9. The average Bonchev–Trinajstić information content (AvgIpc) is 3.24. The van der Waals surface area contributed by atoms with E-state index in [9.17, 15) is 29.8 Å². The van der Waals surface area contributed by atoms with Gasteiger partial charge in [-0.1, -0.05) is 60.7 Å². The van der Waals surface area contributed by atoms with E-state index in [1.165, 1.54) is 24.3 Å².